The largest absolute Gasteiger partial charge is 0.573 e. The van der Waals surface area contributed by atoms with Crippen LogP contribution in [0.2, 0.25) is 0 Å². The molecule has 0 aromatic heterocycles. The third kappa shape index (κ3) is 2.57. The molecule has 0 atom stereocenters. The van der Waals surface area contributed by atoms with E-state index in [2.05, 4.69) is 10.8 Å². The number of halogens is 3. The van der Waals surface area contributed by atoms with Crippen molar-refractivity contribution >= 4 is 0 Å². The van der Waals surface area contributed by atoms with Crippen molar-refractivity contribution in [3.05, 3.63) is 29.8 Å². The fourth-order valence-electron chi connectivity index (χ4n) is 2.91. The van der Waals surface area contributed by atoms with Gasteiger partial charge >= 0.3 is 6.36 Å². The maximum absolute atomic E-state index is 12.3. The highest BCUT2D eigenvalue weighted by Gasteiger charge is 2.60. The van der Waals surface area contributed by atoms with E-state index in [0.717, 1.165) is 0 Å². The lowest BCUT2D eigenvalue weighted by atomic mass is 9.61. The Bertz CT molecular complexity index is 580. The molecule has 1 heterocycles. The lowest BCUT2D eigenvalue weighted by Gasteiger charge is -2.48. The standard InChI is InChI=1S/C14H12F3NO3/c15-14(16,17)21-11-3-1-2-10(6-11)12(9-18)7-13(8-12)19-4-5-20-13/h1-3,6H,4-5,7-8H2. The van der Waals surface area contributed by atoms with E-state index in [1.165, 1.54) is 18.2 Å². The fourth-order valence-corrected chi connectivity index (χ4v) is 2.91. The van der Waals surface area contributed by atoms with E-state index in [4.69, 9.17) is 9.47 Å². The van der Waals surface area contributed by atoms with Crippen molar-refractivity contribution in [1.29, 1.82) is 5.26 Å². The Morgan fingerprint density at radius 2 is 1.86 bits per heavy atom. The summed E-state index contributed by atoms with van der Waals surface area (Å²) in [6.07, 6.45) is -4.13. The van der Waals surface area contributed by atoms with Crippen LogP contribution < -0.4 is 4.74 Å². The van der Waals surface area contributed by atoms with Crippen LogP contribution in [0.1, 0.15) is 18.4 Å². The number of ether oxygens (including phenoxy) is 3. The minimum Gasteiger partial charge on any atom is -0.406 e. The molecule has 21 heavy (non-hydrogen) atoms. The second-order valence-electron chi connectivity index (χ2n) is 5.23. The van der Waals surface area contributed by atoms with Crippen molar-refractivity contribution in [1.82, 2.24) is 0 Å². The highest BCUT2D eigenvalue weighted by molar-refractivity contribution is 5.42. The van der Waals surface area contributed by atoms with E-state index >= 15 is 0 Å². The number of hydrogen-bond donors (Lipinski definition) is 0. The van der Waals surface area contributed by atoms with E-state index in [1.807, 2.05) is 0 Å². The Balaban J connectivity index is 1.83. The Hall–Kier alpha value is -1.78. The number of benzene rings is 1. The maximum Gasteiger partial charge on any atom is 0.573 e. The molecule has 3 rings (SSSR count). The third-order valence-electron chi connectivity index (χ3n) is 3.79. The van der Waals surface area contributed by atoms with Gasteiger partial charge in [-0.25, -0.2) is 0 Å². The Kier molecular flexibility index (Phi) is 3.11. The third-order valence-corrected chi connectivity index (χ3v) is 3.79. The lowest BCUT2D eigenvalue weighted by Crippen LogP contribution is -2.54. The van der Waals surface area contributed by atoms with Crippen LogP contribution in [0.4, 0.5) is 13.2 Å². The van der Waals surface area contributed by atoms with Crippen LogP contribution in [0, 0.1) is 11.3 Å². The van der Waals surface area contributed by atoms with Crippen LogP contribution in [0.5, 0.6) is 5.75 Å². The topological polar surface area (TPSA) is 51.5 Å². The predicted molar refractivity (Wildman–Crippen MR) is 64.3 cm³/mol. The summed E-state index contributed by atoms with van der Waals surface area (Å²) in [4.78, 5) is 0. The minimum atomic E-state index is -4.75. The van der Waals surface area contributed by atoms with Gasteiger partial charge in [-0.15, -0.1) is 13.2 Å². The van der Waals surface area contributed by atoms with Gasteiger partial charge in [-0.05, 0) is 17.7 Å². The van der Waals surface area contributed by atoms with E-state index in [9.17, 15) is 18.4 Å². The van der Waals surface area contributed by atoms with Gasteiger partial charge in [0.2, 0.25) is 0 Å². The van der Waals surface area contributed by atoms with Crippen LogP contribution in [0.3, 0.4) is 0 Å². The van der Waals surface area contributed by atoms with E-state index in [0.29, 0.717) is 31.6 Å². The van der Waals surface area contributed by atoms with Crippen LogP contribution >= 0.6 is 0 Å². The smallest absolute Gasteiger partial charge is 0.406 e. The quantitative estimate of drug-likeness (QED) is 0.842. The molecule has 0 bridgehead atoms. The molecule has 1 saturated heterocycles. The van der Waals surface area contributed by atoms with Crippen molar-refractivity contribution < 1.29 is 27.4 Å². The number of alkyl halides is 3. The Labute approximate surface area is 119 Å². The van der Waals surface area contributed by atoms with Crippen LogP contribution in [0.15, 0.2) is 24.3 Å². The summed E-state index contributed by atoms with van der Waals surface area (Å²) in [5.41, 5.74) is -0.411. The highest BCUT2D eigenvalue weighted by atomic mass is 19.4. The zero-order valence-corrected chi connectivity index (χ0v) is 10.9. The van der Waals surface area contributed by atoms with Gasteiger partial charge in [-0.1, -0.05) is 12.1 Å². The van der Waals surface area contributed by atoms with E-state index in [1.54, 1.807) is 6.07 Å². The van der Waals surface area contributed by atoms with Crippen LogP contribution in [0.25, 0.3) is 0 Å². The van der Waals surface area contributed by atoms with Crippen molar-refractivity contribution in [2.45, 2.75) is 30.4 Å². The molecule has 1 spiro atoms. The molecule has 1 aliphatic carbocycles. The van der Waals surface area contributed by atoms with Crippen LogP contribution in [-0.2, 0) is 14.9 Å². The normalized spacial score (nSPS) is 22.6. The summed E-state index contributed by atoms with van der Waals surface area (Å²) >= 11 is 0. The molecule has 1 saturated carbocycles. The molecule has 1 aliphatic heterocycles. The first kappa shape index (κ1) is 14.2. The SMILES string of the molecule is N#CC1(c2cccc(OC(F)(F)F)c2)CC2(C1)OCCO2. The molecule has 2 fully saturated rings. The number of nitriles is 1. The summed E-state index contributed by atoms with van der Waals surface area (Å²) in [7, 11) is 0. The average molecular weight is 299 g/mol. The minimum absolute atomic E-state index is 0.311. The van der Waals surface area contributed by atoms with Gasteiger partial charge in [0.05, 0.1) is 24.7 Å². The van der Waals surface area contributed by atoms with Crippen molar-refractivity contribution in [2.75, 3.05) is 13.2 Å². The molecule has 4 nitrogen and oxygen atoms in total. The summed E-state index contributed by atoms with van der Waals surface area (Å²) in [6.45, 7) is 0.942. The van der Waals surface area contributed by atoms with Gasteiger partial charge in [0.15, 0.2) is 5.79 Å². The Morgan fingerprint density at radius 1 is 1.19 bits per heavy atom. The van der Waals surface area contributed by atoms with Gasteiger partial charge in [0.25, 0.3) is 0 Å². The van der Waals surface area contributed by atoms with Crippen LogP contribution in [-0.4, -0.2) is 25.4 Å². The lowest BCUT2D eigenvalue weighted by molar-refractivity contribution is -0.274. The predicted octanol–water partition coefficient (Wildman–Crippen LogP) is 2.88. The first-order valence-electron chi connectivity index (χ1n) is 6.42. The second-order valence-corrected chi connectivity index (χ2v) is 5.23. The van der Waals surface area contributed by atoms with E-state index < -0.39 is 17.6 Å². The first-order valence-corrected chi connectivity index (χ1v) is 6.42. The Morgan fingerprint density at radius 3 is 2.43 bits per heavy atom. The van der Waals surface area contributed by atoms with Crippen molar-refractivity contribution in [2.24, 2.45) is 0 Å². The molecular formula is C14H12F3NO3. The summed E-state index contributed by atoms with van der Waals surface area (Å²) in [6, 6.07) is 7.69. The average Bonchev–Trinajstić information content (AvgIpc) is 2.83. The molecule has 112 valence electrons. The molecule has 2 aliphatic rings. The van der Waals surface area contributed by atoms with Crippen molar-refractivity contribution in [3.63, 3.8) is 0 Å². The molecule has 0 N–H and O–H groups in total. The number of hydrogen-bond acceptors (Lipinski definition) is 4. The second kappa shape index (κ2) is 4.61. The number of rotatable bonds is 2. The van der Waals surface area contributed by atoms with Gasteiger partial charge in [-0.3, -0.25) is 0 Å². The molecule has 1 aromatic carbocycles. The summed E-state index contributed by atoms with van der Waals surface area (Å²) < 4.78 is 51.6. The zero-order valence-electron chi connectivity index (χ0n) is 10.9. The highest BCUT2D eigenvalue weighted by Crippen LogP contribution is 2.54. The summed E-state index contributed by atoms with van der Waals surface area (Å²) in [5, 5.41) is 9.43. The van der Waals surface area contributed by atoms with Crippen molar-refractivity contribution in [3.8, 4) is 11.8 Å². The van der Waals surface area contributed by atoms with E-state index in [-0.39, 0.29) is 5.75 Å². The number of nitrogens with zero attached hydrogens (tertiary/aromatic N) is 1. The van der Waals surface area contributed by atoms with Gasteiger partial charge in [-0.2, -0.15) is 5.26 Å². The molecule has 1 aromatic rings. The van der Waals surface area contributed by atoms with Gasteiger partial charge < -0.3 is 14.2 Å². The first-order chi connectivity index (χ1) is 9.87. The monoisotopic (exact) mass is 299 g/mol. The molecular weight excluding hydrogens is 287 g/mol. The molecule has 0 amide bonds. The molecule has 0 unspecified atom stereocenters. The van der Waals surface area contributed by atoms with Gasteiger partial charge in [0.1, 0.15) is 5.75 Å². The summed E-state index contributed by atoms with van der Waals surface area (Å²) in [5.74, 6) is -1.08. The molecule has 7 heteroatoms. The fraction of sp³-hybridized carbons (Fsp3) is 0.500. The zero-order chi connectivity index (χ0) is 15.1. The maximum atomic E-state index is 12.3. The van der Waals surface area contributed by atoms with Gasteiger partial charge in [0, 0.05) is 12.8 Å². The molecule has 0 radical (unpaired) electrons.